The number of carbonyl (C=O) groups is 1. The van der Waals surface area contributed by atoms with E-state index in [2.05, 4.69) is 62.9 Å². The van der Waals surface area contributed by atoms with E-state index in [1.165, 1.54) is 23.7 Å². The van der Waals surface area contributed by atoms with Crippen LogP contribution in [0.3, 0.4) is 0 Å². The molecule has 0 spiro atoms. The van der Waals surface area contributed by atoms with Gasteiger partial charge in [0.15, 0.2) is 0 Å². The molecule has 0 unspecified atom stereocenters. The van der Waals surface area contributed by atoms with Gasteiger partial charge >= 0.3 is 0 Å². The highest BCUT2D eigenvalue weighted by atomic mass is 16.1. The Morgan fingerprint density at radius 2 is 2.00 bits per heavy atom. The van der Waals surface area contributed by atoms with Crippen LogP contribution in [0.2, 0.25) is 0 Å². The minimum absolute atomic E-state index is 0.0349. The number of carbonyl (C=O) groups excluding carboxylic acids is 1. The Bertz CT molecular complexity index is 943. The largest absolute Gasteiger partial charge is 0.367 e. The van der Waals surface area contributed by atoms with Gasteiger partial charge in [0.05, 0.1) is 11.4 Å². The summed E-state index contributed by atoms with van der Waals surface area (Å²) in [6.45, 7) is 5.40. The second-order valence-corrected chi connectivity index (χ2v) is 6.82. The summed E-state index contributed by atoms with van der Waals surface area (Å²) in [4.78, 5) is 13.6. The number of hydrogen-bond donors (Lipinski definition) is 2. The molecule has 2 heterocycles. The number of aromatic amines is 1. The van der Waals surface area contributed by atoms with Crippen molar-refractivity contribution in [3.05, 3.63) is 65.4 Å². The molecule has 1 aliphatic rings. The molecule has 132 valence electrons. The summed E-state index contributed by atoms with van der Waals surface area (Å²) < 4.78 is 0. The van der Waals surface area contributed by atoms with Gasteiger partial charge in [-0.15, -0.1) is 0 Å². The molecule has 0 aliphatic carbocycles. The molecule has 0 saturated heterocycles. The maximum absolute atomic E-state index is 11.2. The maximum Gasteiger partial charge on any atom is 0.221 e. The summed E-state index contributed by atoms with van der Waals surface area (Å²) in [5.41, 5.74) is 7.90. The molecule has 1 aromatic heterocycles. The second-order valence-electron chi connectivity index (χ2n) is 6.82. The summed E-state index contributed by atoms with van der Waals surface area (Å²) in [5, 5.41) is 10.1. The Morgan fingerprint density at radius 3 is 2.69 bits per heavy atom. The van der Waals surface area contributed by atoms with Crippen LogP contribution in [-0.4, -0.2) is 22.6 Å². The van der Waals surface area contributed by atoms with Crippen molar-refractivity contribution in [1.29, 1.82) is 0 Å². The predicted octanol–water partition coefficient (Wildman–Crippen LogP) is 3.91. The van der Waals surface area contributed by atoms with Crippen LogP contribution in [-0.2, 0) is 17.8 Å². The van der Waals surface area contributed by atoms with Crippen molar-refractivity contribution in [3.8, 4) is 11.3 Å². The van der Waals surface area contributed by atoms with Crippen LogP contribution in [0, 0.1) is 6.92 Å². The molecule has 2 N–H and O–H groups in total. The molecule has 1 amide bonds. The van der Waals surface area contributed by atoms with Gasteiger partial charge in [-0.2, -0.15) is 5.10 Å². The van der Waals surface area contributed by atoms with Crippen molar-refractivity contribution >= 4 is 17.3 Å². The Hall–Kier alpha value is -3.08. The minimum Gasteiger partial charge on any atom is -0.367 e. The van der Waals surface area contributed by atoms with Crippen LogP contribution < -0.4 is 10.2 Å². The summed E-state index contributed by atoms with van der Waals surface area (Å²) in [7, 11) is 0. The number of anilines is 2. The van der Waals surface area contributed by atoms with Crippen LogP contribution in [0.5, 0.6) is 0 Å². The van der Waals surface area contributed by atoms with Crippen molar-refractivity contribution < 1.29 is 4.79 Å². The predicted molar refractivity (Wildman–Crippen MR) is 104 cm³/mol. The van der Waals surface area contributed by atoms with Crippen molar-refractivity contribution in [2.75, 3.05) is 16.8 Å². The van der Waals surface area contributed by atoms with Crippen molar-refractivity contribution in [1.82, 2.24) is 10.2 Å². The van der Waals surface area contributed by atoms with Crippen LogP contribution in [0.25, 0.3) is 11.3 Å². The molecule has 0 atom stereocenters. The number of aromatic nitrogens is 2. The van der Waals surface area contributed by atoms with Gasteiger partial charge in [0.25, 0.3) is 0 Å². The first kappa shape index (κ1) is 16.4. The Morgan fingerprint density at radius 1 is 1.19 bits per heavy atom. The molecule has 3 aromatic rings. The molecule has 5 heteroatoms. The number of benzene rings is 2. The fourth-order valence-corrected chi connectivity index (χ4v) is 3.50. The zero-order chi connectivity index (χ0) is 18.1. The number of nitrogens with zero attached hydrogens (tertiary/aromatic N) is 2. The first-order valence-corrected chi connectivity index (χ1v) is 8.85. The van der Waals surface area contributed by atoms with Gasteiger partial charge in [0.1, 0.15) is 0 Å². The average molecular weight is 346 g/mol. The second kappa shape index (κ2) is 6.67. The summed E-state index contributed by atoms with van der Waals surface area (Å²) in [6.07, 6.45) is 1.01. The normalized spacial score (nSPS) is 12.9. The third-order valence-electron chi connectivity index (χ3n) is 4.74. The lowest BCUT2D eigenvalue weighted by atomic mass is 10.1. The lowest BCUT2D eigenvalue weighted by Crippen LogP contribution is -2.19. The number of fused-ring (bicyclic) bond motifs is 1. The average Bonchev–Trinajstić information content (AvgIpc) is 3.21. The van der Waals surface area contributed by atoms with Gasteiger partial charge < -0.3 is 10.2 Å². The highest BCUT2D eigenvalue weighted by molar-refractivity contribution is 5.89. The van der Waals surface area contributed by atoms with Crippen LogP contribution >= 0.6 is 0 Å². The van der Waals surface area contributed by atoms with E-state index in [1.54, 1.807) is 0 Å². The van der Waals surface area contributed by atoms with Crippen LogP contribution in [0.15, 0.2) is 48.5 Å². The summed E-state index contributed by atoms with van der Waals surface area (Å²) in [5.74, 6) is -0.0349. The number of H-pyrrole nitrogens is 1. The van der Waals surface area contributed by atoms with E-state index in [-0.39, 0.29) is 5.91 Å². The van der Waals surface area contributed by atoms with E-state index in [9.17, 15) is 4.79 Å². The zero-order valence-corrected chi connectivity index (χ0v) is 15.0. The maximum atomic E-state index is 11.2. The summed E-state index contributed by atoms with van der Waals surface area (Å²) in [6, 6.07) is 16.8. The first-order chi connectivity index (χ1) is 12.6. The topological polar surface area (TPSA) is 61.0 Å². The number of nitrogens with one attached hydrogen (secondary N) is 2. The smallest absolute Gasteiger partial charge is 0.221 e. The molecule has 4 rings (SSSR count). The number of amides is 1. The fraction of sp³-hybridized carbons (Fsp3) is 0.238. The third kappa shape index (κ3) is 3.33. The molecule has 0 bridgehead atoms. The SMILES string of the molecule is CC(=O)Nc1ccc2c(c1)CCN2Cc1ccc(-c2cc(C)n[nH]2)cc1. The number of aryl methyl sites for hydroxylation is 1. The van der Waals surface area contributed by atoms with Crippen molar-refractivity contribution in [2.24, 2.45) is 0 Å². The number of rotatable bonds is 4. The van der Waals surface area contributed by atoms with E-state index >= 15 is 0 Å². The standard InChI is InChI=1S/C21H22N4O/c1-14-11-20(24-23-14)17-5-3-16(4-6-17)13-25-10-9-18-12-19(22-15(2)26)7-8-21(18)25/h3-8,11-12H,9-10,13H2,1-2H3,(H,22,26)(H,23,24). The van der Waals surface area contributed by atoms with Gasteiger partial charge in [0, 0.05) is 31.4 Å². The molecule has 1 aliphatic heterocycles. The molecular weight excluding hydrogens is 324 g/mol. The Labute approximate surface area is 153 Å². The van der Waals surface area contributed by atoms with Gasteiger partial charge in [-0.05, 0) is 54.3 Å². The minimum atomic E-state index is -0.0349. The third-order valence-corrected chi connectivity index (χ3v) is 4.74. The van der Waals surface area contributed by atoms with Gasteiger partial charge in [-0.25, -0.2) is 0 Å². The van der Waals surface area contributed by atoms with Gasteiger partial charge in [-0.1, -0.05) is 24.3 Å². The van der Waals surface area contributed by atoms with E-state index in [0.717, 1.165) is 42.1 Å². The fourth-order valence-electron chi connectivity index (χ4n) is 3.50. The van der Waals surface area contributed by atoms with Crippen molar-refractivity contribution in [2.45, 2.75) is 26.8 Å². The molecule has 5 nitrogen and oxygen atoms in total. The number of hydrogen-bond acceptors (Lipinski definition) is 3. The highest BCUT2D eigenvalue weighted by Crippen LogP contribution is 2.32. The molecule has 2 aromatic carbocycles. The zero-order valence-electron chi connectivity index (χ0n) is 15.0. The van der Waals surface area contributed by atoms with Crippen LogP contribution in [0.1, 0.15) is 23.7 Å². The quantitative estimate of drug-likeness (QED) is 0.753. The van der Waals surface area contributed by atoms with E-state index in [1.807, 2.05) is 13.0 Å². The van der Waals surface area contributed by atoms with Crippen molar-refractivity contribution in [3.63, 3.8) is 0 Å². The molecular formula is C21H22N4O. The van der Waals surface area contributed by atoms with Crippen LogP contribution in [0.4, 0.5) is 11.4 Å². The molecule has 0 radical (unpaired) electrons. The lowest BCUT2D eigenvalue weighted by molar-refractivity contribution is -0.114. The Kier molecular flexibility index (Phi) is 4.21. The van der Waals surface area contributed by atoms with E-state index in [4.69, 9.17) is 0 Å². The first-order valence-electron chi connectivity index (χ1n) is 8.85. The molecule has 0 fully saturated rings. The van der Waals surface area contributed by atoms with Gasteiger partial charge in [-0.3, -0.25) is 9.89 Å². The molecule has 26 heavy (non-hydrogen) atoms. The molecule has 0 saturated carbocycles. The summed E-state index contributed by atoms with van der Waals surface area (Å²) >= 11 is 0. The van der Waals surface area contributed by atoms with E-state index in [0.29, 0.717) is 0 Å². The monoisotopic (exact) mass is 346 g/mol. The van der Waals surface area contributed by atoms with Gasteiger partial charge in [0.2, 0.25) is 5.91 Å². The van der Waals surface area contributed by atoms with E-state index < -0.39 is 0 Å². The highest BCUT2D eigenvalue weighted by Gasteiger charge is 2.19. The Balaban J connectivity index is 1.48. The lowest BCUT2D eigenvalue weighted by Gasteiger charge is -2.20.